The Balaban J connectivity index is 1.75. The summed E-state index contributed by atoms with van der Waals surface area (Å²) in [5.41, 5.74) is 2.80. The van der Waals surface area contributed by atoms with Crippen LogP contribution in [0.3, 0.4) is 0 Å². The Hall–Kier alpha value is -3.48. The van der Waals surface area contributed by atoms with Crippen LogP contribution in [0.2, 0.25) is 0 Å². The molecule has 2 aliphatic rings. The van der Waals surface area contributed by atoms with Crippen molar-refractivity contribution in [3.8, 4) is 11.5 Å². The molecule has 36 heavy (non-hydrogen) atoms. The summed E-state index contributed by atoms with van der Waals surface area (Å²) in [6.45, 7) is 4.05. The minimum absolute atomic E-state index is 0.123. The summed E-state index contributed by atoms with van der Waals surface area (Å²) in [6, 6.07) is 11.9. The molecule has 1 unspecified atom stereocenters. The van der Waals surface area contributed by atoms with Gasteiger partial charge in [0.1, 0.15) is 11.7 Å². The van der Waals surface area contributed by atoms with Crippen molar-refractivity contribution in [2.45, 2.75) is 51.4 Å². The molecule has 2 aromatic carbocycles. The predicted octanol–water partition coefficient (Wildman–Crippen LogP) is 5.76. The lowest BCUT2D eigenvalue weighted by atomic mass is 9.69. The van der Waals surface area contributed by atoms with Gasteiger partial charge in [0.25, 0.3) is 0 Å². The second-order valence-corrected chi connectivity index (χ2v) is 9.25. The number of ether oxygens (including phenoxy) is 3. The molecule has 0 N–H and O–H groups in total. The van der Waals surface area contributed by atoms with E-state index in [1.807, 2.05) is 25.1 Å². The van der Waals surface area contributed by atoms with E-state index < -0.39 is 23.6 Å². The number of unbranched alkanes of at least 4 members (excludes halogenated alkanes) is 1. The normalized spacial score (nSPS) is 21.5. The second kappa shape index (κ2) is 11.1. The number of Topliss-reactive ketones (excluding diaryl/α,β-unsaturated/α-hetero) is 1. The first kappa shape index (κ1) is 25.6. The van der Waals surface area contributed by atoms with Crippen molar-refractivity contribution in [2.75, 3.05) is 20.8 Å². The minimum Gasteiger partial charge on any atom is -0.493 e. The van der Waals surface area contributed by atoms with Crippen LogP contribution >= 0.6 is 0 Å². The zero-order valence-electron chi connectivity index (χ0n) is 21.2. The van der Waals surface area contributed by atoms with Crippen LogP contribution in [0.15, 0.2) is 58.7 Å². The number of rotatable bonds is 8. The lowest BCUT2D eigenvalue weighted by Crippen LogP contribution is -2.38. The van der Waals surface area contributed by atoms with E-state index >= 15 is 4.39 Å². The van der Waals surface area contributed by atoms with E-state index in [2.05, 4.69) is 0 Å². The number of carbonyl (C=O) groups is 2. The van der Waals surface area contributed by atoms with Crippen LogP contribution in [0.25, 0.3) is 0 Å². The Labute approximate surface area is 211 Å². The summed E-state index contributed by atoms with van der Waals surface area (Å²) >= 11 is 0. The Morgan fingerprint density at radius 1 is 1.08 bits per heavy atom. The van der Waals surface area contributed by atoms with Gasteiger partial charge in [-0.1, -0.05) is 37.6 Å². The van der Waals surface area contributed by atoms with Crippen molar-refractivity contribution in [1.82, 2.24) is 0 Å². The van der Waals surface area contributed by atoms with Gasteiger partial charge in [-0.15, -0.1) is 0 Å². The molecule has 0 aromatic heterocycles. The first-order valence-electron chi connectivity index (χ1n) is 12.3. The van der Waals surface area contributed by atoms with Crippen LogP contribution in [-0.2, 0) is 14.3 Å². The number of carbonyl (C=O) groups excluding carboxylic acids is 2. The Morgan fingerprint density at radius 3 is 2.53 bits per heavy atom. The highest BCUT2D eigenvalue weighted by Crippen LogP contribution is 2.48. The molecule has 1 aliphatic carbocycles. The third-order valence-electron chi connectivity index (χ3n) is 7.00. The van der Waals surface area contributed by atoms with Crippen molar-refractivity contribution < 1.29 is 28.2 Å². The van der Waals surface area contributed by atoms with Gasteiger partial charge in [-0.2, -0.15) is 0 Å². The largest absolute Gasteiger partial charge is 0.493 e. The fourth-order valence-electron chi connectivity index (χ4n) is 5.18. The summed E-state index contributed by atoms with van der Waals surface area (Å²) in [6.07, 6.45) is 2.34. The van der Waals surface area contributed by atoms with Gasteiger partial charge in [0, 0.05) is 29.3 Å². The van der Waals surface area contributed by atoms with Gasteiger partial charge in [-0.3, -0.25) is 14.6 Å². The van der Waals surface area contributed by atoms with E-state index in [9.17, 15) is 9.59 Å². The topological polar surface area (TPSA) is 74.2 Å². The fourth-order valence-corrected chi connectivity index (χ4v) is 5.18. The zero-order chi connectivity index (χ0) is 25.8. The average molecular weight is 494 g/mol. The minimum atomic E-state index is -0.848. The van der Waals surface area contributed by atoms with Gasteiger partial charge in [0.05, 0.1) is 20.8 Å². The van der Waals surface area contributed by atoms with Gasteiger partial charge in [0.2, 0.25) is 0 Å². The summed E-state index contributed by atoms with van der Waals surface area (Å²) in [7, 11) is 3.15. The molecule has 0 saturated heterocycles. The van der Waals surface area contributed by atoms with Crippen LogP contribution in [0.5, 0.6) is 11.5 Å². The number of halogens is 1. The maximum Gasteiger partial charge on any atom is 0.315 e. The second-order valence-electron chi connectivity index (χ2n) is 9.25. The molecule has 6 nitrogen and oxygen atoms in total. The number of benzene rings is 2. The van der Waals surface area contributed by atoms with Crippen LogP contribution in [0.4, 0.5) is 4.39 Å². The molecule has 190 valence electrons. The SMILES string of the molecule is CCCCOC(=O)C1C(C)=NC2=C(C(=O)C[C@@H](c3ccc(OC)c(OC)c3)C2)[C@H]1c1ccccc1F. The monoisotopic (exact) mass is 493 g/mol. The molecule has 0 fully saturated rings. The van der Waals surface area contributed by atoms with Gasteiger partial charge >= 0.3 is 5.97 Å². The maximum absolute atomic E-state index is 15.1. The number of hydrogen-bond acceptors (Lipinski definition) is 6. The molecular weight excluding hydrogens is 461 g/mol. The van der Waals surface area contributed by atoms with Crippen molar-refractivity contribution in [3.05, 3.63) is 70.7 Å². The number of allylic oxidation sites excluding steroid dienone is 2. The Kier molecular flexibility index (Phi) is 7.87. The number of nitrogens with zero attached hydrogens (tertiary/aromatic N) is 1. The molecule has 1 aliphatic heterocycles. The molecule has 0 radical (unpaired) electrons. The van der Waals surface area contributed by atoms with E-state index in [0.29, 0.717) is 40.5 Å². The molecule has 0 amide bonds. The van der Waals surface area contributed by atoms with Crippen molar-refractivity contribution in [1.29, 1.82) is 0 Å². The zero-order valence-corrected chi connectivity index (χ0v) is 21.2. The smallest absolute Gasteiger partial charge is 0.315 e. The highest BCUT2D eigenvalue weighted by molar-refractivity contribution is 6.09. The van der Waals surface area contributed by atoms with Gasteiger partial charge in [-0.05, 0) is 55.0 Å². The number of esters is 1. The van der Waals surface area contributed by atoms with Crippen molar-refractivity contribution in [3.63, 3.8) is 0 Å². The Morgan fingerprint density at radius 2 is 1.83 bits per heavy atom. The number of aliphatic imine (C=N–C) groups is 1. The highest BCUT2D eigenvalue weighted by atomic mass is 19.1. The van der Waals surface area contributed by atoms with Gasteiger partial charge < -0.3 is 14.2 Å². The Bertz CT molecular complexity index is 1220. The van der Waals surface area contributed by atoms with E-state index in [1.54, 1.807) is 39.3 Å². The van der Waals surface area contributed by atoms with E-state index in [4.69, 9.17) is 19.2 Å². The number of methoxy groups -OCH3 is 2. The lowest BCUT2D eigenvalue weighted by Gasteiger charge is -2.36. The quantitative estimate of drug-likeness (QED) is 0.345. The molecule has 7 heteroatoms. The first-order valence-corrected chi connectivity index (χ1v) is 12.3. The molecule has 0 spiro atoms. The van der Waals surface area contributed by atoms with Crippen LogP contribution < -0.4 is 9.47 Å². The molecule has 3 atom stereocenters. The summed E-state index contributed by atoms with van der Waals surface area (Å²) in [4.78, 5) is 31.6. The maximum atomic E-state index is 15.1. The molecule has 0 bridgehead atoms. The number of ketones is 1. The fraction of sp³-hybridized carbons (Fsp3) is 0.414. The highest BCUT2D eigenvalue weighted by Gasteiger charge is 2.45. The molecule has 4 rings (SSSR count). The summed E-state index contributed by atoms with van der Waals surface area (Å²) in [5.74, 6) is -1.60. The van der Waals surface area contributed by atoms with E-state index in [1.165, 1.54) is 6.07 Å². The van der Waals surface area contributed by atoms with Gasteiger partial charge in [-0.25, -0.2) is 4.39 Å². The predicted molar refractivity (Wildman–Crippen MR) is 135 cm³/mol. The van der Waals surface area contributed by atoms with Crippen LogP contribution in [0.1, 0.15) is 62.5 Å². The van der Waals surface area contributed by atoms with Crippen LogP contribution in [0, 0.1) is 11.7 Å². The standard InChI is InChI=1S/C29H32FNO5/c1-5-6-13-36-29(33)26-17(2)31-22-14-19(18-11-12-24(34-3)25(16-18)35-4)15-23(32)28(22)27(26)20-9-7-8-10-21(20)30/h7-12,16,19,26-27H,5-6,13-15H2,1-4H3/t19-,26?,27-/m0/s1. The van der Waals surface area contributed by atoms with E-state index in [-0.39, 0.29) is 24.7 Å². The number of hydrogen-bond donors (Lipinski definition) is 0. The molecular formula is C29H32FNO5. The van der Waals surface area contributed by atoms with Crippen molar-refractivity contribution >= 4 is 17.5 Å². The van der Waals surface area contributed by atoms with Gasteiger partial charge in [0.15, 0.2) is 17.3 Å². The third-order valence-corrected chi connectivity index (χ3v) is 7.00. The van der Waals surface area contributed by atoms with Crippen molar-refractivity contribution in [2.24, 2.45) is 10.9 Å². The first-order chi connectivity index (χ1) is 17.4. The van der Waals surface area contributed by atoms with Crippen LogP contribution in [-0.4, -0.2) is 38.3 Å². The third kappa shape index (κ3) is 4.92. The summed E-state index contributed by atoms with van der Waals surface area (Å²) < 4.78 is 31.4. The average Bonchev–Trinajstić information content (AvgIpc) is 2.87. The van der Waals surface area contributed by atoms with E-state index in [0.717, 1.165) is 18.4 Å². The summed E-state index contributed by atoms with van der Waals surface area (Å²) in [5, 5.41) is 0. The molecule has 0 saturated carbocycles. The molecule has 1 heterocycles. The molecule has 2 aromatic rings. The lowest BCUT2D eigenvalue weighted by molar-refractivity contribution is -0.146.